The SMILES string of the molecule is O=C(Cn1c2ccccc2c(=O)c2ccccc21)NCc1ccccc1CN1CCCC1. The highest BCUT2D eigenvalue weighted by Gasteiger charge is 2.15. The molecule has 1 N–H and O–H groups in total. The van der Waals surface area contributed by atoms with Crippen LogP contribution in [0.4, 0.5) is 0 Å². The molecule has 1 aliphatic heterocycles. The Hall–Kier alpha value is -3.44. The molecule has 1 amide bonds. The van der Waals surface area contributed by atoms with E-state index in [0.717, 1.165) is 36.2 Å². The van der Waals surface area contributed by atoms with E-state index in [1.54, 1.807) is 0 Å². The minimum Gasteiger partial charge on any atom is -0.350 e. The third-order valence-electron chi connectivity index (χ3n) is 6.37. The molecule has 0 bridgehead atoms. The fourth-order valence-corrected chi connectivity index (χ4v) is 4.71. The number of benzene rings is 3. The summed E-state index contributed by atoms with van der Waals surface area (Å²) in [6.07, 6.45) is 2.53. The van der Waals surface area contributed by atoms with E-state index in [2.05, 4.69) is 28.4 Å². The van der Waals surface area contributed by atoms with Crippen molar-refractivity contribution < 1.29 is 4.79 Å². The second-order valence-corrected chi connectivity index (χ2v) is 8.48. The Morgan fingerprint density at radius 2 is 1.34 bits per heavy atom. The van der Waals surface area contributed by atoms with E-state index in [9.17, 15) is 9.59 Å². The summed E-state index contributed by atoms with van der Waals surface area (Å²) in [5, 5.41) is 4.37. The number of pyridine rings is 1. The van der Waals surface area contributed by atoms with Crippen molar-refractivity contribution in [2.24, 2.45) is 0 Å². The molecule has 0 spiro atoms. The summed E-state index contributed by atoms with van der Waals surface area (Å²) in [4.78, 5) is 28.4. The number of likely N-dealkylation sites (tertiary alicyclic amines) is 1. The van der Waals surface area contributed by atoms with Gasteiger partial charge >= 0.3 is 0 Å². The van der Waals surface area contributed by atoms with E-state index in [-0.39, 0.29) is 17.9 Å². The Kier molecular flexibility index (Phi) is 5.73. The first kappa shape index (κ1) is 20.5. The molecule has 1 saturated heterocycles. The Balaban J connectivity index is 1.38. The standard InChI is InChI=1S/C27H27N3O2/c31-26(28-17-20-9-1-2-10-21(20)18-29-15-7-8-16-29)19-30-24-13-5-3-11-22(24)27(32)23-12-4-6-14-25(23)30/h1-6,9-14H,7-8,15-19H2,(H,28,31). The van der Waals surface area contributed by atoms with Gasteiger partial charge in [-0.3, -0.25) is 14.5 Å². The van der Waals surface area contributed by atoms with Gasteiger partial charge in [-0.2, -0.15) is 0 Å². The van der Waals surface area contributed by atoms with E-state index in [1.165, 1.54) is 18.4 Å². The third kappa shape index (κ3) is 4.04. The molecule has 0 aliphatic carbocycles. The highest BCUT2D eigenvalue weighted by molar-refractivity contribution is 5.94. The van der Waals surface area contributed by atoms with Crippen molar-refractivity contribution in [3.63, 3.8) is 0 Å². The quantitative estimate of drug-likeness (QED) is 0.474. The fourth-order valence-electron chi connectivity index (χ4n) is 4.71. The lowest BCUT2D eigenvalue weighted by atomic mass is 10.1. The molecular weight excluding hydrogens is 398 g/mol. The summed E-state index contributed by atoms with van der Waals surface area (Å²) in [6, 6.07) is 23.3. The van der Waals surface area contributed by atoms with Crippen LogP contribution in [0.25, 0.3) is 21.8 Å². The number of hydrogen-bond acceptors (Lipinski definition) is 3. The molecule has 5 heteroatoms. The normalized spacial score (nSPS) is 14.2. The molecule has 0 atom stereocenters. The van der Waals surface area contributed by atoms with Crippen molar-refractivity contribution in [2.75, 3.05) is 13.1 Å². The van der Waals surface area contributed by atoms with Gasteiger partial charge in [-0.1, -0.05) is 48.5 Å². The second kappa shape index (κ2) is 8.97. The van der Waals surface area contributed by atoms with Crippen molar-refractivity contribution in [3.05, 3.63) is 94.1 Å². The Morgan fingerprint density at radius 3 is 2.00 bits per heavy atom. The topological polar surface area (TPSA) is 54.3 Å². The zero-order valence-electron chi connectivity index (χ0n) is 18.1. The number of nitrogens with zero attached hydrogens (tertiary/aromatic N) is 2. The minimum absolute atomic E-state index is 0.00342. The molecule has 5 rings (SSSR count). The number of nitrogens with one attached hydrogen (secondary N) is 1. The number of rotatable bonds is 6. The number of carbonyl (C=O) groups excluding carboxylic acids is 1. The van der Waals surface area contributed by atoms with Crippen LogP contribution < -0.4 is 10.7 Å². The molecular formula is C27H27N3O2. The van der Waals surface area contributed by atoms with Crippen LogP contribution in [0.15, 0.2) is 77.6 Å². The zero-order chi connectivity index (χ0) is 21.9. The number of fused-ring (bicyclic) bond motifs is 2. The summed E-state index contributed by atoms with van der Waals surface area (Å²) in [5.74, 6) is -0.0695. The second-order valence-electron chi connectivity index (χ2n) is 8.48. The van der Waals surface area contributed by atoms with Gasteiger partial charge in [-0.25, -0.2) is 0 Å². The van der Waals surface area contributed by atoms with Crippen LogP contribution in [0, 0.1) is 0 Å². The zero-order valence-corrected chi connectivity index (χ0v) is 18.1. The van der Waals surface area contributed by atoms with Crippen LogP contribution in [-0.2, 0) is 24.4 Å². The molecule has 0 unspecified atom stereocenters. The van der Waals surface area contributed by atoms with Crippen molar-refractivity contribution >= 4 is 27.7 Å². The molecule has 0 radical (unpaired) electrons. The molecule has 0 saturated carbocycles. The van der Waals surface area contributed by atoms with Gasteiger partial charge in [-0.05, 0) is 61.3 Å². The third-order valence-corrected chi connectivity index (χ3v) is 6.37. The van der Waals surface area contributed by atoms with E-state index in [4.69, 9.17) is 0 Å². The first-order valence-electron chi connectivity index (χ1n) is 11.3. The highest BCUT2D eigenvalue weighted by atomic mass is 16.2. The van der Waals surface area contributed by atoms with Crippen LogP contribution in [0.2, 0.25) is 0 Å². The summed E-state index contributed by atoms with van der Waals surface area (Å²) in [7, 11) is 0. The smallest absolute Gasteiger partial charge is 0.240 e. The maximum Gasteiger partial charge on any atom is 0.240 e. The number of hydrogen-bond donors (Lipinski definition) is 1. The van der Waals surface area contributed by atoms with E-state index < -0.39 is 0 Å². The molecule has 4 aromatic rings. The van der Waals surface area contributed by atoms with Crippen molar-refractivity contribution in [1.29, 1.82) is 0 Å². The molecule has 162 valence electrons. The van der Waals surface area contributed by atoms with Crippen molar-refractivity contribution in [1.82, 2.24) is 14.8 Å². The Bertz CT molecular complexity index is 1280. The number of carbonyl (C=O) groups is 1. The first-order chi connectivity index (χ1) is 15.7. The summed E-state index contributed by atoms with van der Waals surface area (Å²) < 4.78 is 1.94. The summed E-state index contributed by atoms with van der Waals surface area (Å²) >= 11 is 0. The molecule has 3 aromatic carbocycles. The van der Waals surface area contributed by atoms with Crippen LogP contribution in [-0.4, -0.2) is 28.5 Å². The Morgan fingerprint density at radius 1 is 0.781 bits per heavy atom. The number of amides is 1. The van der Waals surface area contributed by atoms with Crippen LogP contribution in [0.1, 0.15) is 24.0 Å². The summed E-state index contributed by atoms with van der Waals surface area (Å²) in [5.41, 5.74) is 3.99. The van der Waals surface area contributed by atoms with Crippen LogP contribution >= 0.6 is 0 Å². The van der Waals surface area contributed by atoms with Gasteiger partial charge in [0.2, 0.25) is 5.91 Å². The van der Waals surface area contributed by atoms with Crippen LogP contribution in [0.3, 0.4) is 0 Å². The Labute approximate surface area is 187 Å². The van der Waals surface area contributed by atoms with Gasteiger partial charge < -0.3 is 9.88 Å². The predicted molar refractivity (Wildman–Crippen MR) is 129 cm³/mol. The maximum atomic E-state index is 13.0. The number of aromatic nitrogens is 1. The lowest BCUT2D eigenvalue weighted by Gasteiger charge is -2.18. The average Bonchev–Trinajstić information content (AvgIpc) is 3.34. The lowest BCUT2D eigenvalue weighted by Crippen LogP contribution is -2.29. The average molecular weight is 426 g/mol. The molecule has 2 heterocycles. The van der Waals surface area contributed by atoms with Gasteiger partial charge in [0.15, 0.2) is 5.43 Å². The van der Waals surface area contributed by atoms with E-state index >= 15 is 0 Å². The van der Waals surface area contributed by atoms with Crippen molar-refractivity contribution in [3.8, 4) is 0 Å². The van der Waals surface area contributed by atoms with Crippen LogP contribution in [0.5, 0.6) is 0 Å². The fraction of sp³-hybridized carbons (Fsp3) is 0.259. The van der Waals surface area contributed by atoms with E-state index in [0.29, 0.717) is 17.3 Å². The highest BCUT2D eigenvalue weighted by Crippen LogP contribution is 2.19. The largest absolute Gasteiger partial charge is 0.350 e. The van der Waals surface area contributed by atoms with Gasteiger partial charge in [-0.15, -0.1) is 0 Å². The van der Waals surface area contributed by atoms with E-state index in [1.807, 2.05) is 59.2 Å². The van der Waals surface area contributed by atoms with Gasteiger partial charge in [0.25, 0.3) is 0 Å². The summed E-state index contributed by atoms with van der Waals surface area (Å²) in [6.45, 7) is 3.88. The maximum absolute atomic E-state index is 13.0. The molecule has 32 heavy (non-hydrogen) atoms. The van der Waals surface area contributed by atoms with Gasteiger partial charge in [0, 0.05) is 23.9 Å². The van der Waals surface area contributed by atoms with Crippen molar-refractivity contribution in [2.45, 2.75) is 32.5 Å². The predicted octanol–water partition coefficient (Wildman–Crippen LogP) is 4.07. The number of para-hydroxylation sites is 2. The van der Waals surface area contributed by atoms with Gasteiger partial charge in [0.1, 0.15) is 6.54 Å². The molecule has 5 nitrogen and oxygen atoms in total. The van der Waals surface area contributed by atoms with Gasteiger partial charge in [0.05, 0.1) is 11.0 Å². The molecule has 1 fully saturated rings. The first-order valence-corrected chi connectivity index (χ1v) is 11.3. The minimum atomic E-state index is -0.0695. The molecule has 1 aliphatic rings. The lowest BCUT2D eigenvalue weighted by molar-refractivity contribution is -0.121. The monoisotopic (exact) mass is 425 g/mol. The molecule has 1 aromatic heterocycles.